The molecule has 0 spiro atoms. The van der Waals surface area contributed by atoms with Crippen LogP contribution in [-0.4, -0.2) is 68.7 Å². The second kappa shape index (κ2) is 8.06. The maximum atomic E-state index is 13.6. The molecule has 3 amide bonds. The second-order valence-electron chi connectivity index (χ2n) is 8.74. The highest BCUT2D eigenvalue weighted by Gasteiger charge is 2.60. The standard InChI is InChI=1S/C24H25ClN4O4/c1-24-13-18-17-12-15(25)5-6-19(17)27-20(18)21(14-3-2-4-16(31)11-14)29(24)23(33)28(22(24)32)9-7-26-8-10-30/h2-6,11-12,21,26-27,30-31H,7-10,13H2,1H3. The van der Waals surface area contributed by atoms with E-state index in [1.54, 1.807) is 36.1 Å². The molecular formula is C24H25ClN4O4. The first-order valence-electron chi connectivity index (χ1n) is 10.9. The zero-order valence-corrected chi connectivity index (χ0v) is 18.9. The molecule has 1 fully saturated rings. The minimum Gasteiger partial charge on any atom is -0.508 e. The van der Waals surface area contributed by atoms with Crippen LogP contribution in [0.2, 0.25) is 5.02 Å². The largest absolute Gasteiger partial charge is 0.508 e. The van der Waals surface area contributed by atoms with Crippen molar-refractivity contribution in [3.63, 3.8) is 0 Å². The van der Waals surface area contributed by atoms with Gasteiger partial charge < -0.3 is 20.5 Å². The molecule has 9 heteroatoms. The predicted octanol–water partition coefficient (Wildman–Crippen LogP) is 2.78. The van der Waals surface area contributed by atoms with Gasteiger partial charge in [0.15, 0.2) is 0 Å². The number of aliphatic hydroxyl groups is 1. The first-order chi connectivity index (χ1) is 15.8. The van der Waals surface area contributed by atoms with Crippen LogP contribution in [0.3, 0.4) is 0 Å². The molecule has 2 aliphatic rings. The van der Waals surface area contributed by atoms with Crippen LogP contribution in [0.4, 0.5) is 4.79 Å². The average Bonchev–Trinajstić information content (AvgIpc) is 3.22. The Morgan fingerprint density at radius 3 is 2.79 bits per heavy atom. The molecule has 2 aromatic carbocycles. The van der Waals surface area contributed by atoms with Crippen molar-refractivity contribution in [3.8, 4) is 5.75 Å². The number of aromatic amines is 1. The summed E-state index contributed by atoms with van der Waals surface area (Å²) in [5, 5.41) is 23.7. The second-order valence-corrected chi connectivity index (χ2v) is 9.17. The van der Waals surface area contributed by atoms with Gasteiger partial charge in [-0.2, -0.15) is 0 Å². The molecule has 1 saturated heterocycles. The number of imide groups is 1. The summed E-state index contributed by atoms with van der Waals surface area (Å²) < 4.78 is 0. The highest BCUT2D eigenvalue weighted by molar-refractivity contribution is 6.31. The minimum absolute atomic E-state index is 0.0183. The van der Waals surface area contributed by atoms with Crippen LogP contribution >= 0.6 is 11.6 Å². The average molecular weight is 469 g/mol. The zero-order valence-electron chi connectivity index (χ0n) is 18.1. The minimum atomic E-state index is -1.09. The maximum absolute atomic E-state index is 13.6. The summed E-state index contributed by atoms with van der Waals surface area (Å²) >= 11 is 6.28. The third-order valence-electron chi connectivity index (χ3n) is 6.62. The number of fused-ring (bicyclic) bond motifs is 4. The number of hydrogen-bond acceptors (Lipinski definition) is 5. The van der Waals surface area contributed by atoms with E-state index < -0.39 is 11.6 Å². The zero-order chi connectivity index (χ0) is 23.3. The van der Waals surface area contributed by atoms with E-state index in [2.05, 4.69) is 10.3 Å². The normalized spacial score (nSPS) is 22.2. The smallest absolute Gasteiger partial charge is 0.328 e. The van der Waals surface area contributed by atoms with Crippen molar-refractivity contribution < 1.29 is 19.8 Å². The summed E-state index contributed by atoms with van der Waals surface area (Å²) in [4.78, 5) is 33.6. The fourth-order valence-corrected chi connectivity index (χ4v) is 5.29. The molecule has 172 valence electrons. The number of hydrogen-bond donors (Lipinski definition) is 4. The van der Waals surface area contributed by atoms with Crippen molar-refractivity contribution >= 4 is 34.4 Å². The number of benzene rings is 2. The molecule has 0 aliphatic carbocycles. The molecule has 8 nitrogen and oxygen atoms in total. The Labute approximate surface area is 195 Å². The molecule has 5 rings (SSSR count). The highest BCUT2D eigenvalue weighted by Crippen LogP contribution is 2.49. The van der Waals surface area contributed by atoms with E-state index in [1.807, 2.05) is 18.2 Å². The number of nitrogens with one attached hydrogen (secondary N) is 2. The molecule has 1 aromatic heterocycles. The molecule has 0 radical (unpaired) electrons. The quantitative estimate of drug-likeness (QED) is 0.328. The highest BCUT2D eigenvalue weighted by atomic mass is 35.5. The Morgan fingerprint density at radius 1 is 1.21 bits per heavy atom. The predicted molar refractivity (Wildman–Crippen MR) is 124 cm³/mol. The van der Waals surface area contributed by atoms with E-state index in [0.29, 0.717) is 30.1 Å². The number of rotatable bonds is 6. The number of urea groups is 1. The molecule has 2 aliphatic heterocycles. The van der Waals surface area contributed by atoms with Gasteiger partial charge in [0.2, 0.25) is 0 Å². The Morgan fingerprint density at radius 2 is 2.03 bits per heavy atom. The van der Waals surface area contributed by atoms with Gasteiger partial charge in [-0.1, -0.05) is 23.7 Å². The number of phenols is 1. The number of amides is 3. The molecular weight excluding hydrogens is 444 g/mol. The molecule has 4 N–H and O–H groups in total. The maximum Gasteiger partial charge on any atom is 0.328 e. The number of aromatic nitrogens is 1. The topological polar surface area (TPSA) is 109 Å². The summed E-state index contributed by atoms with van der Waals surface area (Å²) in [6, 6.07) is 11.4. The van der Waals surface area contributed by atoms with E-state index in [-0.39, 0.29) is 30.8 Å². The number of H-pyrrole nitrogens is 1. The number of carbonyl (C=O) groups is 2. The van der Waals surface area contributed by atoms with E-state index in [9.17, 15) is 14.7 Å². The van der Waals surface area contributed by atoms with Crippen LogP contribution in [0.25, 0.3) is 10.9 Å². The molecule has 33 heavy (non-hydrogen) atoms. The van der Waals surface area contributed by atoms with Crippen LogP contribution in [0.1, 0.15) is 29.8 Å². The number of carbonyl (C=O) groups excluding carboxylic acids is 2. The lowest BCUT2D eigenvalue weighted by molar-refractivity contribution is -0.133. The first-order valence-corrected chi connectivity index (χ1v) is 11.3. The summed E-state index contributed by atoms with van der Waals surface area (Å²) in [5.41, 5.74) is 2.26. The monoisotopic (exact) mass is 468 g/mol. The summed E-state index contributed by atoms with van der Waals surface area (Å²) in [5.74, 6) is -0.172. The molecule has 0 bridgehead atoms. The first kappa shape index (κ1) is 21.8. The summed E-state index contributed by atoms with van der Waals surface area (Å²) in [6.07, 6.45) is 0.350. The van der Waals surface area contributed by atoms with Gasteiger partial charge >= 0.3 is 6.03 Å². The molecule has 2 atom stereocenters. The Hall–Kier alpha value is -3.07. The lowest BCUT2D eigenvalue weighted by Crippen LogP contribution is -2.53. The van der Waals surface area contributed by atoms with E-state index in [1.165, 1.54) is 4.90 Å². The van der Waals surface area contributed by atoms with Crippen LogP contribution in [-0.2, 0) is 11.2 Å². The van der Waals surface area contributed by atoms with E-state index >= 15 is 0 Å². The van der Waals surface area contributed by atoms with Crippen molar-refractivity contribution in [1.82, 2.24) is 20.1 Å². The van der Waals surface area contributed by atoms with Gasteiger partial charge in [0, 0.05) is 47.7 Å². The van der Waals surface area contributed by atoms with Gasteiger partial charge in [-0.3, -0.25) is 14.6 Å². The number of phenolic OH excluding ortho intramolecular Hbond substituents is 1. The van der Waals surface area contributed by atoms with Gasteiger partial charge in [-0.05, 0) is 48.4 Å². The Bertz CT molecular complexity index is 1260. The van der Waals surface area contributed by atoms with Crippen LogP contribution < -0.4 is 5.32 Å². The SMILES string of the molecule is CC12Cc3c([nH]c4ccc(Cl)cc34)C(c3cccc(O)c3)N1C(=O)N(CCNCCO)C2=O. The van der Waals surface area contributed by atoms with Crippen molar-refractivity contribution in [1.29, 1.82) is 0 Å². The Kier molecular flexibility index (Phi) is 5.31. The number of nitrogens with zero attached hydrogens (tertiary/aromatic N) is 2. The lowest BCUT2D eigenvalue weighted by Gasteiger charge is -2.42. The molecule has 0 saturated carbocycles. The molecule has 2 unspecified atom stereocenters. The third kappa shape index (κ3) is 3.37. The van der Waals surface area contributed by atoms with Crippen molar-refractivity contribution in [2.24, 2.45) is 0 Å². The molecule has 3 aromatic rings. The van der Waals surface area contributed by atoms with Crippen molar-refractivity contribution in [3.05, 3.63) is 64.3 Å². The van der Waals surface area contributed by atoms with Gasteiger partial charge in [0.25, 0.3) is 5.91 Å². The van der Waals surface area contributed by atoms with Gasteiger partial charge in [-0.15, -0.1) is 0 Å². The number of aromatic hydroxyl groups is 1. The van der Waals surface area contributed by atoms with Gasteiger partial charge in [0.1, 0.15) is 17.3 Å². The van der Waals surface area contributed by atoms with Crippen molar-refractivity contribution in [2.75, 3.05) is 26.2 Å². The van der Waals surface area contributed by atoms with E-state index in [0.717, 1.165) is 22.2 Å². The van der Waals surface area contributed by atoms with Gasteiger partial charge in [-0.25, -0.2) is 4.79 Å². The van der Waals surface area contributed by atoms with Gasteiger partial charge in [0.05, 0.1) is 6.61 Å². The fourth-order valence-electron chi connectivity index (χ4n) is 5.12. The molecule has 3 heterocycles. The van der Waals surface area contributed by atoms with Crippen LogP contribution in [0.15, 0.2) is 42.5 Å². The summed E-state index contributed by atoms with van der Waals surface area (Å²) in [7, 11) is 0. The fraction of sp³-hybridized carbons (Fsp3) is 0.333. The van der Waals surface area contributed by atoms with E-state index in [4.69, 9.17) is 16.7 Å². The van der Waals surface area contributed by atoms with Crippen molar-refractivity contribution in [2.45, 2.75) is 24.9 Å². The number of aliphatic hydroxyl groups excluding tert-OH is 1. The summed E-state index contributed by atoms with van der Waals surface area (Å²) in [6.45, 7) is 2.77. The number of halogens is 1. The third-order valence-corrected chi connectivity index (χ3v) is 6.85. The lowest BCUT2D eigenvalue weighted by atomic mass is 9.81. The van der Waals surface area contributed by atoms with Crippen LogP contribution in [0, 0.1) is 0 Å². The Balaban J connectivity index is 1.65. The van der Waals surface area contributed by atoms with Crippen LogP contribution in [0.5, 0.6) is 5.75 Å².